The number of rotatable bonds is 2. The number of ether oxygens (including phenoxy) is 1. The van der Waals surface area contributed by atoms with Gasteiger partial charge in [0.2, 0.25) is 0 Å². The van der Waals surface area contributed by atoms with E-state index >= 15 is 0 Å². The molecule has 116 valence electrons. The van der Waals surface area contributed by atoms with Gasteiger partial charge in [0.1, 0.15) is 5.60 Å². The molecule has 5 heteroatoms. The van der Waals surface area contributed by atoms with Crippen LogP contribution in [0.3, 0.4) is 0 Å². The summed E-state index contributed by atoms with van der Waals surface area (Å²) in [4.78, 5) is 16.1. The number of nitrogens with zero attached hydrogens (tertiary/aromatic N) is 2. The van der Waals surface area contributed by atoms with E-state index in [1.165, 1.54) is 0 Å². The molecule has 2 rings (SSSR count). The first-order chi connectivity index (χ1) is 9.76. The Kier molecular flexibility index (Phi) is 4.81. The monoisotopic (exact) mass is 354 g/mol. The average Bonchev–Trinajstić information content (AvgIpc) is 2.85. The molecule has 1 aliphatic heterocycles. The van der Waals surface area contributed by atoms with Crippen molar-refractivity contribution in [3.05, 3.63) is 28.7 Å². The fourth-order valence-corrected chi connectivity index (χ4v) is 2.84. The maximum atomic E-state index is 12.1. The molecule has 1 fully saturated rings. The van der Waals surface area contributed by atoms with Crippen molar-refractivity contribution >= 4 is 27.7 Å². The number of carbonyl (C=O) groups is 1. The zero-order valence-corrected chi connectivity index (χ0v) is 14.7. The van der Waals surface area contributed by atoms with Gasteiger partial charge in [-0.1, -0.05) is 22.0 Å². The minimum absolute atomic E-state index is 0.215. The summed E-state index contributed by atoms with van der Waals surface area (Å²) >= 11 is 3.50. The van der Waals surface area contributed by atoms with E-state index in [-0.39, 0.29) is 6.09 Å². The number of benzene rings is 1. The molecule has 1 atom stereocenters. The average molecular weight is 355 g/mol. The molecule has 0 radical (unpaired) electrons. The van der Waals surface area contributed by atoms with Crippen LogP contribution in [0, 0.1) is 0 Å². The summed E-state index contributed by atoms with van der Waals surface area (Å²) in [5.41, 5.74) is 0.714. The number of anilines is 1. The first-order valence-electron chi connectivity index (χ1n) is 7.22. The van der Waals surface area contributed by atoms with Crippen LogP contribution in [0.2, 0.25) is 0 Å². The molecule has 1 heterocycles. The smallest absolute Gasteiger partial charge is 0.410 e. The van der Waals surface area contributed by atoms with Crippen LogP contribution in [0.4, 0.5) is 10.5 Å². The van der Waals surface area contributed by atoms with E-state index in [0.717, 1.165) is 23.1 Å². The predicted molar refractivity (Wildman–Crippen MR) is 88.8 cm³/mol. The molecule has 0 N–H and O–H groups in total. The van der Waals surface area contributed by atoms with E-state index in [1.807, 2.05) is 32.9 Å². The zero-order valence-electron chi connectivity index (χ0n) is 13.1. The third kappa shape index (κ3) is 4.37. The van der Waals surface area contributed by atoms with Gasteiger partial charge in [-0.15, -0.1) is 0 Å². The molecule has 21 heavy (non-hydrogen) atoms. The number of amides is 1. The van der Waals surface area contributed by atoms with Crippen LogP contribution in [0.5, 0.6) is 0 Å². The predicted octanol–water partition coefficient (Wildman–Crippen LogP) is 3.89. The highest BCUT2D eigenvalue weighted by molar-refractivity contribution is 9.10. The molecule has 1 aromatic rings. The molecule has 1 saturated heterocycles. The van der Waals surface area contributed by atoms with Crippen LogP contribution in [0.25, 0.3) is 0 Å². The van der Waals surface area contributed by atoms with Crippen LogP contribution < -0.4 is 4.90 Å². The zero-order chi connectivity index (χ0) is 15.6. The fourth-order valence-electron chi connectivity index (χ4n) is 2.46. The topological polar surface area (TPSA) is 32.8 Å². The Hall–Kier alpha value is -1.23. The highest BCUT2D eigenvalue weighted by atomic mass is 79.9. The van der Waals surface area contributed by atoms with Gasteiger partial charge in [-0.25, -0.2) is 4.79 Å². The first kappa shape index (κ1) is 16.1. The van der Waals surface area contributed by atoms with E-state index < -0.39 is 5.60 Å². The quantitative estimate of drug-likeness (QED) is 0.807. The van der Waals surface area contributed by atoms with Crippen LogP contribution in [0.15, 0.2) is 28.7 Å². The second kappa shape index (κ2) is 6.26. The van der Waals surface area contributed by atoms with Crippen LogP contribution in [-0.4, -0.2) is 42.8 Å². The summed E-state index contributed by atoms with van der Waals surface area (Å²) in [5.74, 6) is 0. The number of likely N-dealkylation sites (tertiary alicyclic amines) is 1. The lowest BCUT2D eigenvalue weighted by Crippen LogP contribution is -2.39. The molecule has 0 saturated carbocycles. The van der Waals surface area contributed by atoms with E-state index in [2.05, 4.69) is 40.0 Å². The Morgan fingerprint density at radius 1 is 1.43 bits per heavy atom. The largest absolute Gasteiger partial charge is 0.444 e. The third-order valence-electron chi connectivity index (χ3n) is 3.58. The van der Waals surface area contributed by atoms with Crippen LogP contribution >= 0.6 is 15.9 Å². The molecule has 0 unspecified atom stereocenters. The number of hydrogen-bond acceptors (Lipinski definition) is 3. The van der Waals surface area contributed by atoms with Crippen molar-refractivity contribution in [1.82, 2.24) is 4.90 Å². The maximum absolute atomic E-state index is 12.1. The summed E-state index contributed by atoms with van der Waals surface area (Å²) < 4.78 is 6.50. The van der Waals surface area contributed by atoms with E-state index in [9.17, 15) is 4.79 Å². The molecule has 1 aliphatic rings. The van der Waals surface area contributed by atoms with Gasteiger partial charge >= 0.3 is 6.09 Å². The molecule has 0 spiro atoms. The summed E-state index contributed by atoms with van der Waals surface area (Å²) in [7, 11) is 2.07. The summed E-state index contributed by atoms with van der Waals surface area (Å²) in [6, 6.07) is 8.54. The number of likely N-dealkylation sites (N-methyl/N-ethyl adjacent to an activating group) is 1. The second-order valence-electron chi connectivity index (χ2n) is 6.46. The highest BCUT2D eigenvalue weighted by Crippen LogP contribution is 2.25. The maximum Gasteiger partial charge on any atom is 0.410 e. The third-order valence-corrected chi connectivity index (χ3v) is 4.07. The first-order valence-corrected chi connectivity index (χ1v) is 8.02. The van der Waals surface area contributed by atoms with Gasteiger partial charge < -0.3 is 14.5 Å². The molecule has 0 aromatic heterocycles. The number of carbonyl (C=O) groups excluding carboxylic acids is 1. The Bertz CT molecular complexity index is 513. The molecule has 1 amide bonds. The Labute approximate surface area is 135 Å². The Morgan fingerprint density at radius 3 is 2.76 bits per heavy atom. The van der Waals surface area contributed by atoms with Crippen LogP contribution in [0.1, 0.15) is 27.2 Å². The molecule has 0 bridgehead atoms. The number of halogens is 1. The van der Waals surface area contributed by atoms with Gasteiger partial charge in [0.05, 0.1) is 0 Å². The summed E-state index contributed by atoms with van der Waals surface area (Å²) in [6.07, 6.45) is 0.745. The van der Waals surface area contributed by atoms with E-state index in [1.54, 1.807) is 4.90 Å². The fraction of sp³-hybridized carbons (Fsp3) is 0.562. The van der Waals surface area contributed by atoms with Gasteiger partial charge in [-0.05, 0) is 45.4 Å². The lowest BCUT2D eigenvalue weighted by atomic mass is 10.2. The molecular weight excluding hydrogens is 332 g/mol. The standard InChI is InChI=1S/C16H23BrN2O2/c1-16(2,3)21-15(20)19-9-8-14(11-19)18(4)13-7-5-6-12(17)10-13/h5-7,10,14H,8-9,11H2,1-4H3/t14-/m1/s1. The van der Waals surface area contributed by atoms with Gasteiger partial charge in [0.15, 0.2) is 0 Å². The molecule has 4 nitrogen and oxygen atoms in total. The van der Waals surface area contributed by atoms with Crippen molar-refractivity contribution in [1.29, 1.82) is 0 Å². The molecule has 0 aliphatic carbocycles. The summed E-state index contributed by atoms with van der Waals surface area (Å²) in [6.45, 7) is 7.14. The second-order valence-corrected chi connectivity index (χ2v) is 7.38. The minimum Gasteiger partial charge on any atom is -0.444 e. The Balaban J connectivity index is 1.97. The normalized spacial score (nSPS) is 18.7. The van der Waals surface area contributed by atoms with Gasteiger partial charge in [0, 0.05) is 36.3 Å². The van der Waals surface area contributed by atoms with Gasteiger partial charge in [-0.3, -0.25) is 0 Å². The van der Waals surface area contributed by atoms with Crippen molar-refractivity contribution in [2.75, 3.05) is 25.0 Å². The van der Waals surface area contributed by atoms with Crippen molar-refractivity contribution in [2.24, 2.45) is 0 Å². The minimum atomic E-state index is -0.439. The SMILES string of the molecule is CN(c1cccc(Br)c1)[C@@H]1CCN(C(=O)OC(C)(C)C)C1. The highest BCUT2D eigenvalue weighted by Gasteiger charge is 2.31. The Morgan fingerprint density at radius 2 is 2.14 bits per heavy atom. The van der Waals surface area contributed by atoms with Crippen molar-refractivity contribution in [3.63, 3.8) is 0 Å². The van der Waals surface area contributed by atoms with Gasteiger partial charge in [-0.2, -0.15) is 0 Å². The van der Waals surface area contributed by atoms with Crippen molar-refractivity contribution in [2.45, 2.75) is 38.8 Å². The van der Waals surface area contributed by atoms with Crippen LogP contribution in [-0.2, 0) is 4.74 Å². The van der Waals surface area contributed by atoms with Crippen molar-refractivity contribution in [3.8, 4) is 0 Å². The van der Waals surface area contributed by atoms with E-state index in [4.69, 9.17) is 4.74 Å². The lowest BCUT2D eigenvalue weighted by Gasteiger charge is -2.28. The summed E-state index contributed by atoms with van der Waals surface area (Å²) in [5, 5.41) is 0. The van der Waals surface area contributed by atoms with Gasteiger partial charge in [0.25, 0.3) is 0 Å². The lowest BCUT2D eigenvalue weighted by molar-refractivity contribution is 0.0292. The van der Waals surface area contributed by atoms with Crippen molar-refractivity contribution < 1.29 is 9.53 Å². The molecular formula is C16H23BrN2O2. The van der Waals surface area contributed by atoms with E-state index in [0.29, 0.717) is 12.6 Å². The molecule has 1 aromatic carbocycles. The number of hydrogen-bond donors (Lipinski definition) is 0.